The van der Waals surface area contributed by atoms with Gasteiger partial charge in [-0.3, -0.25) is 9.78 Å². The number of benzene rings is 1. The summed E-state index contributed by atoms with van der Waals surface area (Å²) >= 11 is 0. The molecule has 1 aromatic carbocycles. The van der Waals surface area contributed by atoms with Gasteiger partial charge in [0, 0.05) is 54.9 Å². The molecule has 0 bridgehead atoms. The Labute approximate surface area is 151 Å². The van der Waals surface area contributed by atoms with Crippen molar-refractivity contribution < 1.29 is 9.53 Å². The lowest BCUT2D eigenvalue weighted by Crippen LogP contribution is -2.31. The van der Waals surface area contributed by atoms with Gasteiger partial charge in [0.15, 0.2) is 0 Å². The van der Waals surface area contributed by atoms with Gasteiger partial charge in [-0.2, -0.15) is 0 Å². The third-order valence-electron chi connectivity index (χ3n) is 4.45. The molecule has 0 aliphatic carbocycles. The van der Waals surface area contributed by atoms with Crippen LogP contribution in [0, 0.1) is 0 Å². The van der Waals surface area contributed by atoms with Gasteiger partial charge in [0.05, 0.1) is 5.69 Å². The number of fused-ring (bicyclic) bond motifs is 1. The van der Waals surface area contributed by atoms with E-state index in [0.29, 0.717) is 19.0 Å². The number of hydrogen-bond donors (Lipinski definition) is 0. The minimum Gasteiger partial charge on any atom is -0.459 e. The summed E-state index contributed by atoms with van der Waals surface area (Å²) < 4.78 is 5.61. The topological polar surface area (TPSA) is 68.2 Å². The van der Waals surface area contributed by atoms with Crippen LogP contribution in [0.4, 0.5) is 5.69 Å². The molecule has 1 aliphatic rings. The van der Waals surface area contributed by atoms with Crippen LogP contribution in [-0.4, -0.2) is 27.9 Å². The second kappa shape index (κ2) is 6.92. The highest BCUT2D eigenvalue weighted by Crippen LogP contribution is 2.37. The average molecular weight is 346 g/mol. The van der Waals surface area contributed by atoms with Crippen molar-refractivity contribution in [1.82, 2.24) is 15.0 Å². The van der Waals surface area contributed by atoms with E-state index >= 15 is 0 Å². The van der Waals surface area contributed by atoms with Crippen molar-refractivity contribution >= 4 is 11.6 Å². The number of aryl methyl sites for hydroxylation is 1. The summed E-state index contributed by atoms with van der Waals surface area (Å²) in [5.41, 5.74) is 5.03. The summed E-state index contributed by atoms with van der Waals surface area (Å²) in [6.45, 7) is 0.328. The SMILES string of the molecule is CN1C(=O)CCc2cccc(-c3cncc(COc4ncccn4)c3)c21. The zero-order chi connectivity index (χ0) is 17.9. The van der Waals surface area contributed by atoms with Gasteiger partial charge in [-0.1, -0.05) is 18.2 Å². The number of ether oxygens (including phenoxy) is 1. The monoisotopic (exact) mass is 346 g/mol. The molecule has 0 N–H and O–H groups in total. The number of aromatic nitrogens is 3. The summed E-state index contributed by atoms with van der Waals surface area (Å²) in [4.78, 5) is 26.3. The number of anilines is 1. The zero-order valence-electron chi connectivity index (χ0n) is 14.4. The van der Waals surface area contributed by atoms with Crippen LogP contribution in [0.25, 0.3) is 11.1 Å². The van der Waals surface area contributed by atoms with E-state index in [1.165, 1.54) is 5.56 Å². The second-order valence-corrected chi connectivity index (χ2v) is 6.17. The number of rotatable bonds is 4. The van der Waals surface area contributed by atoms with Gasteiger partial charge in [0.25, 0.3) is 0 Å². The van der Waals surface area contributed by atoms with Crippen molar-refractivity contribution in [1.29, 1.82) is 0 Å². The van der Waals surface area contributed by atoms with Crippen LogP contribution in [0.3, 0.4) is 0 Å². The molecule has 3 heterocycles. The fourth-order valence-electron chi connectivity index (χ4n) is 3.18. The van der Waals surface area contributed by atoms with Crippen molar-refractivity contribution in [2.24, 2.45) is 0 Å². The summed E-state index contributed by atoms with van der Waals surface area (Å²) in [5, 5.41) is 0. The second-order valence-electron chi connectivity index (χ2n) is 6.17. The van der Waals surface area contributed by atoms with Crippen molar-refractivity contribution in [3.63, 3.8) is 0 Å². The van der Waals surface area contributed by atoms with Gasteiger partial charge >= 0.3 is 6.01 Å². The normalized spacial score (nSPS) is 13.4. The highest BCUT2D eigenvalue weighted by Gasteiger charge is 2.24. The largest absolute Gasteiger partial charge is 0.459 e. The minimum absolute atomic E-state index is 0.138. The van der Waals surface area contributed by atoms with Crippen molar-refractivity contribution in [3.05, 3.63) is 66.2 Å². The van der Waals surface area contributed by atoms with Crippen LogP contribution in [0.15, 0.2) is 55.1 Å². The molecule has 3 aromatic rings. The standard InChI is InChI=1S/C20H18N4O2/c1-24-18(25)7-6-15-4-2-5-17(19(15)24)16-10-14(11-21-12-16)13-26-20-22-8-3-9-23-20/h2-5,8-12H,6-7,13H2,1H3. The maximum Gasteiger partial charge on any atom is 0.316 e. The molecule has 1 amide bonds. The first-order valence-electron chi connectivity index (χ1n) is 8.45. The Bertz CT molecular complexity index is 944. The third-order valence-corrected chi connectivity index (χ3v) is 4.45. The molecule has 0 fully saturated rings. The minimum atomic E-state index is 0.138. The van der Waals surface area contributed by atoms with Crippen molar-refractivity contribution in [2.75, 3.05) is 11.9 Å². The lowest BCUT2D eigenvalue weighted by molar-refractivity contribution is -0.118. The Morgan fingerprint density at radius 3 is 2.81 bits per heavy atom. The molecular weight excluding hydrogens is 328 g/mol. The van der Waals surface area contributed by atoms with Crippen LogP contribution >= 0.6 is 0 Å². The molecule has 0 spiro atoms. The van der Waals surface area contributed by atoms with E-state index in [1.807, 2.05) is 31.4 Å². The van der Waals surface area contributed by atoms with Gasteiger partial charge in [-0.15, -0.1) is 0 Å². The molecule has 0 unspecified atom stereocenters. The van der Waals surface area contributed by atoms with E-state index < -0.39 is 0 Å². The van der Waals surface area contributed by atoms with Gasteiger partial charge in [-0.05, 0) is 24.1 Å². The van der Waals surface area contributed by atoms with E-state index in [0.717, 1.165) is 28.8 Å². The summed E-state index contributed by atoms with van der Waals surface area (Å²) in [5.74, 6) is 0.138. The Balaban J connectivity index is 1.64. The first kappa shape index (κ1) is 16.2. The Hall–Kier alpha value is -3.28. The number of pyridine rings is 1. The number of carbonyl (C=O) groups is 1. The number of hydrogen-bond acceptors (Lipinski definition) is 5. The van der Waals surface area contributed by atoms with Crippen LogP contribution in [0.1, 0.15) is 17.5 Å². The van der Waals surface area contributed by atoms with Crippen LogP contribution in [-0.2, 0) is 17.8 Å². The van der Waals surface area contributed by atoms with E-state index in [4.69, 9.17) is 4.74 Å². The number of amides is 1. The van der Waals surface area contributed by atoms with E-state index in [2.05, 4.69) is 21.0 Å². The van der Waals surface area contributed by atoms with Crippen LogP contribution in [0.5, 0.6) is 6.01 Å². The molecule has 0 saturated heterocycles. The Kier molecular flexibility index (Phi) is 4.31. The molecular formula is C20H18N4O2. The maximum absolute atomic E-state index is 12.1. The molecule has 130 valence electrons. The molecule has 1 aliphatic heterocycles. The molecule has 6 heteroatoms. The molecule has 4 rings (SSSR count). The number of nitrogens with zero attached hydrogens (tertiary/aromatic N) is 4. The molecule has 0 saturated carbocycles. The number of carbonyl (C=O) groups excluding carboxylic acids is 1. The highest BCUT2D eigenvalue weighted by molar-refractivity contribution is 6.00. The van der Waals surface area contributed by atoms with E-state index in [-0.39, 0.29) is 5.91 Å². The maximum atomic E-state index is 12.1. The van der Waals surface area contributed by atoms with Crippen LogP contribution in [0.2, 0.25) is 0 Å². The van der Waals surface area contributed by atoms with Gasteiger partial charge in [-0.25, -0.2) is 9.97 Å². The Morgan fingerprint density at radius 2 is 1.96 bits per heavy atom. The fourth-order valence-corrected chi connectivity index (χ4v) is 3.18. The molecule has 6 nitrogen and oxygen atoms in total. The van der Waals surface area contributed by atoms with Crippen molar-refractivity contribution in [3.8, 4) is 17.1 Å². The van der Waals surface area contributed by atoms with Gasteiger partial charge < -0.3 is 9.64 Å². The van der Waals surface area contributed by atoms with E-state index in [9.17, 15) is 4.79 Å². The Morgan fingerprint density at radius 1 is 1.12 bits per heavy atom. The lowest BCUT2D eigenvalue weighted by Gasteiger charge is -2.28. The average Bonchev–Trinajstić information content (AvgIpc) is 2.70. The summed E-state index contributed by atoms with van der Waals surface area (Å²) in [6, 6.07) is 10.2. The predicted molar refractivity (Wildman–Crippen MR) is 97.8 cm³/mol. The summed E-state index contributed by atoms with van der Waals surface area (Å²) in [7, 11) is 1.83. The highest BCUT2D eigenvalue weighted by atomic mass is 16.5. The first-order chi connectivity index (χ1) is 12.7. The smallest absolute Gasteiger partial charge is 0.316 e. The quantitative estimate of drug-likeness (QED) is 0.726. The lowest BCUT2D eigenvalue weighted by atomic mass is 9.94. The van der Waals surface area contributed by atoms with Gasteiger partial charge in [0.1, 0.15) is 6.61 Å². The summed E-state index contributed by atoms with van der Waals surface area (Å²) in [6.07, 6.45) is 8.17. The third kappa shape index (κ3) is 3.13. The first-order valence-corrected chi connectivity index (χ1v) is 8.45. The fraction of sp³-hybridized carbons (Fsp3) is 0.200. The molecule has 0 radical (unpaired) electrons. The van der Waals surface area contributed by atoms with E-state index in [1.54, 1.807) is 29.6 Å². The van der Waals surface area contributed by atoms with Gasteiger partial charge in [0.2, 0.25) is 5.91 Å². The molecule has 0 atom stereocenters. The van der Waals surface area contributed by atoms with Crippen LogP contribution < -0.4 is 9.64 Å². The molecule has 26 heavy (non-hydrogen) atoms. The molecule has 2 aromatic heterocycles. The number of para-hydroxylation sites is 1. The zero-order valence-corrected chi connectivity index (χ0v) is 14.4. The predicted octanol–water partition coefficient (Wildman–Crippen LogP) is 3.03. The van der Waals surface area contributed by atoms with Crippen molar-refractivity contribution in [2.45, 2.75) is 19.4 Å².